The number of hydrogen-bond acceptors (Lipinski definition) is 7. The highest BCUT2D eigenvalue weighted by molar-refractivity contribution is 7.03. The molecule has 0 saturated heterocycles. The average Bonchev–Trinajstić information content (AvgIpc) is 3.25. The molecule has 0 amide bonds. The maximum atomic E-state index is 12.4. The lowest BCUT2D eigenvalue weighted by molar-refractivity contribution is 0.0693. The van der Waals surface area contributed by atoms with E-state index in [1.165, 1.54) is 23.8 Å². The number of hydrogen-bond donors (Lipinski definition) is 1. The van der Waals surface area contributed by atoms with Crippen LogP contribution in [-0.2, 0) is 4.74 Å². The van der Waals surface area contributed by atoms with Crippen molar-refractivity contribution >= 4 is 17.5 Å². The highest BCUT2D eigenvalue weighted by atomic mass is 32.1. The van der Waals surface area contributed by atoms with Crippen molar-refractivity contribution in [2.75, 3.05) is 20.3 Å². The molecule has 0 bridgehead atoms. The van der Waals surface area contributed by atoms with Gasteiger partial charge in [0, 0.05) is 61.2 Å². The molecule has 3 heterocycles. The minimum atomic E-state index is -1.28. The number of aromatic nitrogens is 2. The van der Waals surface area contributed by atoms with Crippen LogP contribution in [-0.4, -0.2) is 40.3 Å². The van der Waals surface area contributed by atoms with E-state index < -0.39 is 17.6 Å². The van der Waals surface area contributed by atoms with Crippen molar-refractivity contribution in [3.63, 3.8) is 0 Å². The Morgan fingerprint density at radius 3 is 2.87 bits per heavy atom. The Labute approximate surface area is 176 Å². The van der Waals surface area contributed by atoms with Crippen LogP contribution >= 0.6 is 11.5 Å². The molecule has 3 aromatic rings. The van der Waals surface area contributed by atoms with Gasteiger partial charge in [0.1, 0.15) is 17.1 Å². The summed E-state index contributed by atoms with van der Waals surface area (Å²) in [5.41, 5.74) is 2.05. The van der Waals surface area contributed by atoms with Gasteiger partial charge < -0.3 is 23.9 Å². The standard InChI is InChI=1S/C21H20N2O6S/c1-12-6-14-16-7-17(24)15(21(25)26)10-23(16)20(13-9-22-30-11-13)29-19(14)8-18(12)28-5-3-4-27-2/h6-11,20H,3-5H2,1-2H3,(H,25,26). The second-order valence-corrected chi connectivity index (χ2v) is 7.54. The van der Waals surface area contributed by atoms with E-state index in [1.807, 2.05) is 24.4 Å². The number of aryl methyl sites for hydroxylation is 1. The first-order valence-corrected chi connectivity index (χ1v) is 10.2. The van der Waals surface area contributed by atoms with E-state index in [0.717, 1.165) is 17.5 Å². The quantitative estimate of drug-likeness (QED) is 0.576. The zero-order chi connectivity index (χ0) is 21.3. The lowest BCUT2D eigenvalue weighted by atomic mass is 10.0. The fourth-order valence-corrected chi connectivity index (χ4v) is 3.91. The summed E-state index contributed by atoms with van der Waals surface area (Å²) < 4.78 is 22.9. The lowest BCUT2D eigenvalue weighted by Crippen LogP contribution is -2.27. The number of fused-ring (bicyclic) bond motifs is 3. The van der Waals surface area contributed by atoms with Gasteiger partial charge in [0.05, 0.1) is 12.3 Å². The molecule has 30 heavy (non-hydrogen) atoms. The monoisotopic (exact) mass is 428 g/mol. The molecule has 2 aromatic heterocycles. The molecule has 1 aliphatic heterocycles. The molecule has 8 nitrogen and oxygen atoms in total. The van der Waals surface area contributed by atoms with Crippen LogP contribution in [0.5, 0.6) is 11.5 Å². The lowest BCUT2D eigenvalue weighted by Gasteiger charge is -2.31. The molecule has 0 spiro atoms. The van der Waals surface area contributed by atoms with E-state index in [-0.39, 0.29) is 5.56 Å². The van der Waals surface area contributed by atoms with Crippen molar-refractivity contribution in [1.82, 2.24) is 8.94 Å². The van der Waals surface area contributed by atoms with E-state index >= 15 is 0 Å². The van der Waals surface area contributed by atoms with Crippen molar-refractivity contribution in [3.05, 3.63) is 62.9 Å². The fourth-order valence-electron chi connectivity index (χ4n) is 3.37. The Morgan fingerprint density at radius 2 is 2.17 bits per heavy atom. The van der Waals surface area contributed by atoms with Gasteiger partial charge in [-0.05, 0) is 30.1 Å². The first-order valence-electron chi connectivity index (χ1n) is 9.31. The summed E-state index contributed by atoms with van der Waals surface area (Å²) in [6.07, 6.45) is 3.11. The Bertz CT molecular complexity index is 1140. The van der Waals surface area contributed by atoms with Crippen molar-refractivity contribution in [1.29, 1.82) is 0 Å². The maximum absolute atomic E-state index is 12.4. The van der Waals surface area contributed by atoms with Gasteiger partial charge in [0.25, 0.3) is 0 Å². The van der Waals surface area contributed by atoms with E-state index in [2.05, 4.69) is 4.37 Å². The third-order valence-corrected chi connectivity index (χ3v) is 5.45. The van der Waals surface area contributed by atoms with Gasteiger partial charge in [-0.2, -0.15) is 0 Å². The van der Waals surface area contributed by atoms with Crippen LogP contribution in [0.3, 0.4) is 0 Å². The Balaban J connectivity index is 1.81. The predicted molar refractivity (Wildman–Crippen MR) is 111 cm³/mol. The normalized spacial score (nSPS) is 14.5. The van der Waals surface area contributed by atoms with Crippen LogP contribution in [0.2, 0.25) is 0 Å². The summed E-state index contributed by atoms with van der Waals surface area (Å²) >= 11 is 1.27. The van der Waals surface area contributed by atoms with E-state index in [1.54, 1.807) is 17.9 Å². The van der Waals surface area contributed by atoms with Crippen LogP contribution in [0.4, 0.5) is 0 Å². The molecule has 4 rings (SSSR count). The molecule has 0 aliphatic carbocycles. The van der Waals surface area contributed by atoms with Crippen LogP contribution in [0.1, 0.15) is 34.1 Å². The molecule has 1 unspecified atom stereocenters. The molecule has 1 N–H and O–H groups in total. The third kappa shape index (κ3) is 3.69. The van der Waals surface area contributed by atoms with E-state index in [9.17, 15) is 14.7 Å². The predicted octanol–water partition coefficient (Wildman–Crippen LogP) is 3.33. The van der Waals surface area contributed by atoms with Crippen LogP contribution in [0.25, 0.3) is 11.3 Å². The number of carboxylic acid groups (broad SMARTS) is 1. The molecular weight excluding hydrogens is 408 g/mol. The Hall–Kier alpha value is -3.17. The molecule has 156 valence electrons. The second kappa shape index (κ2) is 8.29. The summed E-state index contributed by atoms with van der Waals surface area (Å²) in [6, 6.07) is 5.04. The topological polar surface area (TPSA) is 99.9 Å². The summed E-state index contributed by atoms with van der Waals surface area (Å²) in [5, 5.41) is 11.2. The smallest absolute Gasteiger partial charge is 0.341 e. The minimum absolute atomic E-state index is 0.311. The van der Waals surface area contributed by atoms with Gasteiger partial charge in [-0.25, -0.2) is 9.17 Å². The first kappa shape index (κ1) is 20.1. The summed E-state index contributed by atoms with van der Waals surface area (Å²) in [6.45, 7) is 3.02. The Kier molecular flexibility index (Phi) is 5.56. The molecule has 0 radical (unpaired) electrons. The van der Waals surface area contributed by atoms with Gasteiger partial charge in [0.2, 0.25) is 6.23 Å². The van der Waals surface area contributed by atoms with Crippen molar-refractivity contribution in [2.24, 2.45) is 0 Å². The number of nitrogens with zero attached hydrogens (tertiary/aromatic N) is 2. The van der Waals surface area contributed by atoms with Gasteiger partial charge in [-0.15, -0.1) is 0 Å². The molecule has 9 heteroatoms. The number of pyridine rings is 1. The average molecular weight is 428 g/mol. The number of methoxy groups -OCH3 is 1. The SMILES string of the molecule is COCCCOc1cc2c(cc1C)-c1cc(=O)c(C(=O)O)cn1C(c1cnsc1)O2. The fraction of sp³-hybridized carbons (Fsp3) is 0.286. The highest BCUT2D eigenvalue weighted by Gasteiger charge is 2.29. The van der Waals surface area contributed by atoms with Crippen molar-refractivity contribution in [3.8, 4) is 22.8 Å². The molecule has 0 saturated carbocycles. The highest BCUT2D eigenvalue weighted by Crippen LogP contribution is 2.43. The molecule has 1 aliphatic rings. The van der Waals surface area contributed by atoms with Crippen molar-refractivity contribution < 1.29 is 24.1 Å². The molecular formula is C21H20N2O6S. The maximum Gasteiger partial charge on any atom is 0.341 e. The zero-order valence-corrected chi connectivity index (χ0v) is 17.3. The number of carboxylic acids is 1. The minimum Gasteiger partial charge on any atom is -0.493 e. The number of carbonyl (C=O) groups is 1. The van der Waals surface area contributed by atoms with E-state index in [0.29, 0.717) is 36.0 Å². The first-order chi connectivity index (χ1) is 14.5. The second-order valence-electron chi connectivity index (χ2n) is 6.89. The van der Waals surface area contributed by atoms with Crippen molar-refractivity contribution in [2.45, 2.75) is 19.6 Å². The van der Waals surface area contributed by atoms with Gasteiger partial charge in [0.15, 0.2) is 5.43 Å². The molecule has 1 atom stereocenters. The van der Waals surface area contributed by atoms with Gasteiger partial charge >= 0.3 is 5.97 Å². The van der Waals surface area contributed by atoms with Crippen LogP contribution in [0, 0.1) is 6.92 Å². The number of ether oxygens (including phenoxy) is 3. The van der Waals surface area contributed by atoms with Gasteiger partial charge in [-0.3, -0.25) is 4.79 Å². The third-order valence-electron chi connectivity index (χ3n) is 4.84. The summed E-state index contributed by atoms with van der Waals surface area (Å²) in [7, 11) is 1.65. The summed E-state index contributed by atoms with van der Waals surface area (Å²) in [4.78, 5) is 23.9. The van der Waals surface area contributed by atoms with Gasteiger partial charge in [-0.1, -0.05) is 0 Å². The molecule has 1 aromatic carbocycles. The zero-order valence-electron chi connectivity index (χ0n) is 16.5. The molecule has 0 fully saturated rings. The number of aromatic carboxylic acids is 1. The van der Waals surface area contributed by atoms with Crippen LogP contribution in [0.15, 0.2) is 40.8 Å². The largest absolute Gasteiger partial charge is 0.493 e. The number of benzene rings is 1. The van der Waals surface area contributed by atoms with E-state index in [4.69, 9.17) is 14.2 Å². The Morgan fingerprint density at radius 1 is 1.33 bits per heavy atom. The summed E-state index contributed by atoms with van der Waals surface area (Å²) in [5.74, 6) is -0.0368. The number of rotatable bonds is 7. The van der Waals surface area contributed by atoms with Crippen LogP contribution < -0.4 is 14.9 Å².